The van der Waals surface area contributed by atoms with Crippen LogP contribution in [0.5, 0.6) is 0 Å². The third-order valence-corrected chi connectivity index (χ3v) is 2.39. The molecule has 2 rings (SSSR count). The van der Waals surface area contributed by atoms with E-state index in [2.05, 4.69) is 25.9 Å². The lowest BCUT2D eigenvalue weighted by molar-refractivity contribution is 0.628. The summed E-state index contributed by atoms with van der Waals surface area (Å²) in [5.74, 6) is -0.455. The van der Waals surface area contributed by atoms with Gasteiger partial charge >= 0.3 is 0 Å². The molecule has 0 amide bonds. The summed E-state index contributed by atoms with van der Waals surface area (Å²) in [7, 11) is 0. The largest absolute Gasteiger partial charge is 0.236 e. The summed E-state index contributed by atoms with van der Waals surface area (Å²) in [5, 5.41) is 8.73. The van der Waals surface area contributed by atoms with E-state index in [0.29, 0.717) is 15.9 Å². The first-order chi connectivity index (χ1) is 7.69. The highest BCUT2D eigenvalue weighted by Gasteiger charge is 2.04. The first-order valence-corrected chi connectivity index (χ1v) is 5.17. The maximum absolute atomic E-state index is 13.2. The number of hydrogen-bond donors (Lipinski definition) is 0. The van der Waals surface area contributed by atoms with Gasteiger partial charge in [-0.1, -0.05) is 0 Å². The Hall–Kier alpha value is -1.80. The van der Waals surface area contributed by atoms with Gasteiger partial charge in [-0.15, -0.1) is 0 Å². The van der Waals surface area contributed by atoms with Crippen LogP contribution in [0.25, 0.3) is 11.3 Å². The molecule has 5 heteroatoms. The molecule has 0 aliphatic carbocycles. The van der Waals surface area contributed by atoms with E-state index in [1.165, 1.54) is 18.5 Å². The third kappa shape index (κ3) is 2.23. The molecule has 2 aromatic rings. The van der Waals surface area contributed by atoms with Gasteiger partial charge in [0.2, 0.25) is 0 Å². The number of hydrogen-bond acceptors (Lipinski definition) is 3. The molecule has 0 saturated heterocycles. The molecule has 0 spiro atoms. The zero-order chi connectivity index (χ0) is 11.5. The van der Waals surface area contributed by atoms with E-state index in [1.807, 2.05) is 6.07 Å². The average molecular weight is 278 g/mol. The second-order valence-electron chi connectivity index (χ2n) is 3.07. The van der Waals surface area contributed by atoms with Gasteiger partial charge in [-0.25, -0.2) is 14.4 Å². The Kier molecular flexibility index (Phi) is 2.93. The minimum Gasteiger partial charge on any atom is -0.236 e. The highest BCUT2D eigenvalue weighted by atomic mass is 79.9. The Morgan fingerprint density at radius 2 is 2.00 bits per heavy atom. The van der Waals surface area contributed by atoms with Crippen molar-refractivity contribution in [1.29, 1.82) is 5.26 Å². The summed E-state index contributed by atoms with van der Waals surface area (Å²) in [5.41, 5.74) is 1.39. The molecule has 0 atom stereocenters. The predicted molar refractivity (Wildman–Crippen MR) is 59.8 cm³/mol. The van der Waals surface area contributed by atoms with Gasteiger partial charge < -0.3 is 0 Å². The normalized spacial score (nSPS) is 9.81. The standard InChI is InChI=1S/C11H5BrFN3/c12-11-4-10(15-6-16-11)8-1-7(5-14)2-9(13)3-8/h1-4,6H. The third-order valence-electron chi connectivity index (χ3n) is 1.96. The molecule has 0 aliphatic heterocycles. The Labute approximate surface area is 99.7 Å². The highest BCUT2D eigenvalue weighted by molar-refractivity contribution is 9.10. The van der Waals surface area contributed by atoms with Crippen molar-refractivity contribution in [3.8, 4) is 17.3 Å². The lowest BCUT2D eigenvalue weighted by atomic mass is 10.1. The number of benzene rings is 1. The number of rotatable bonds is 1. The van der Waals surface area contributed by atoms with Crippen LogP contribution in [0.2, 0.25) is 0 Å². The molecule has 0 fully saturated rings. The van der Waals surface area contributed by atoms with E-state index in [9.17, 15) is 4.39 Å². The van der Waals surface area contributed by atoms with E-state index in [0.717, 1.165) is 0 Å². The molecule has 0 bridgehead atoms. The number of nitriles is 1. The fourth-order valence-corrected chi connectivity index (χ4v) is 1.60. The van der Waals surface area contributed by atoms with E-state index in [4.69, 9.17) is 5.26 Å². The van der Waals surface area contributed by atoms with Crippen molar-refractivity contribution in [2.75, 3.05) is 0 Å². The molecule has 0 aliphatic rings. The van der Waals surface area contributed by atoms with Crippen LogP contribution in [0.15, 0.2) is 35.2 Å². The van der Waals surface area contributed by atoms with Gasteiger partial charge in [0.25, 0.3) is 0 Å². The van der Waals surface area contributed by atoms with E-state index < -0.39 is 5.82 Å². The first-order valence-electron chi connectivity index (χ1n) is 4.37. The summed E-state index contributed by atoms with van der Waals surface area (Å²) >= 11 is 3.20. The van der Waals surface area contributed by atoms with Crippen molar-refractivity contribution in [2.24, 2.45) is 0 Å². The minimum absolute atomic E-state index is 0.268. The summed E-state index contributed by atoms with van der Waals surface area (Å²) in [6.45, 7) is 0. The van der Waals surface area contributed by atoms with Crippen molar-refractivity contribution >= 4 is 15.9 Å². The monoisotopic (exact) mass is 277 g/mol. The van der Waals surface area contributed by atoms with Gasteiger partial charge in [0.05, 0.1) is 17.3 Å². The molecule has 16 heavy (non-hydrogen) atoms. The Balaban J connectivity index is 2.56. The van der Waals surface area contributed by atoms with Gasteiger partial charge in [-0.2, -0.15) is 5.26 Å². The van der Waals surface area contributed by atoms with Gasteiger partial charge in [0.1, 0.15) is 16.7 Å². The van der Waals surface area contributed by atoms with Crippen molar-refractivity contribution in [2.45, 2.75) is 0 Å². The first kappa shape index (κ1) is 10.7. The van der Waals surface area contributed by atoms with Gasteiger partial charge in [-0.05, 0) is 40.2 Å². The maximum Gasteiger partial charge on any atom is 0.125 e. The van der Waals surface area contributed by atoms with Crippen molar-refractivity contribution in [3.63, 3.8) is 0 Å². The summed E-state index contributed by atoms with van der Waals surface area (Å²) in [6.07, 6.45) is 1.37. The van der Waals surface area contributed by atoms with Crippen LogP contribution in [-0.4, -0.2) is 9.97 Å². The van der Waals surface area contributed by atoms with Gasteiger partial charge in [0.15, 0.2) is 0 Å². The fourth-order valence-electron chi connectivity index (χ4n) is 1.29. The SMILES string of the molecule is N#Cc1cc(F)cc(-c2cc(Br)ncn2)c1. The Bertz CT molecular complexity index is 578. The van der Waals surface area contributed by atoms with Crippen molar-refractivity contribution < 1.29 is 4.39 Å². The molecule has 0 unspecified atom stereocenters. The van der Waals surface area contributed by atoms with Crippen LogP contribution in [0.1, 0.15) is 5.56 Å². The Morgan fingerprint density at radius 3 is 2.69 bits per heavy atom. The van der Waals surface area contributed by atoms with Crippen molar-refractivity contribution in [1.82, 2.24) is 9.97 Å². The molecule has 1 aromatic carbocycles. The summed E-state index contributed by atoms with van der Waals surface area (Å²) in [6, 6.07) is 7.65. The zero-order valence-electron chi connectivity index (χ0n) is 7.98. The number of aromatic nitrogens is 2. The maximum atomic E-state index is 13.2. The van der Waals surface area contributed by atoms with Crippen LogP contribution in [0.4, 0.5) is 4.39 Å². The molecular formula is C11H5BrFN3. The molecule has 78 valence electrons. The van der Waals surface area contributed by atoms with E-state index in [-0.39, 0.29) is 5.56 Å². The lowest BCUT2D eigenvalue weighted by Crippen LogP contribution is -1.88. The lowest BCUT2D eigenvalue weighted by Gasteiger charge is -2.01. The van der Waals surface area contributed by atoms with E-state index >= 15 is 0 Å². The fraction of sp³-hybridized carbons (Fsp3) is 0. The molecule has 1 heterocycles. The number of halogens is 2. The highest BCUT2D eigenvalue weighted by Crippen LogP contribution is 2.21. The topological polar surface area (TPSA) is 49.6 Å². The van der Waals surface area contributed by atoms with Crippen LogP contribution >= 0.6 is 15.9 Å². The molecule has 0 saturated carbocycles. The van der Waals surface area contributed by atoms with Crippen LogP contribution in [0.3, 0.4) is 0 Å². The zero-order valence-corrected chi connectivity index (χ0v) is 9.57. The number of nitrogens with zero attached hydrogens (tertiary/aromatic N) is 3. The van der Waals surface area contributed by atoms with E-state index in [1.54, 1.807) is 12.1 Å². The van der Waals surface area contributed by atoms with Crippen molar-refractivity contribution in [3.05, 3.63) is 46.6 Å². The predicted octanol–water partition coefficient (Wildman–Crippen LogP) is 2.92. The van der Waals surface area contributed by atoms with Crippen LogP contribution in [0, 0.1) is 17.1 Å². The average Bonchev–Trinajstić information content (AvgIpc) is 2.28. The Morgan fingerprint density at radius 1 is 1.19 bits per heavy atom. The molecule has 0 N–H and O–H groups in total. The van der Waals surface area contributed by atoms with Crippen LogP contribution < -0.4 is 0 Å². The second-order valence-corrected chi connectivity index (χ2v) is 3.88. The molecule has 0 radical (unpaired) electrons. The van der Waals surface area contributed by atoms with Crippen LogP contribution in [-0.2, 0) is 0 Å². The van der Waals surface area contributed by atoms with Gasteiger partial charge in [0, 0.05) is 5.56 Å². The molecular weight excluding hydrogens is 273 g/mol. The quantitative estimate of drug-likeness (QED) is 0.753. The summed E-state index contributed by atoms with van der Waals surface area (Å²) < 4.78 is 13.8. The molecule has 3 nitrogen and oxygen atoms in total. The summed E-state index contributed by atoms with van der Waals surface area (Å²) in [4.78, 5) is 7.89. The second kappa shape index (κ2) is 4.37. The van der Waals surface area contributed by atoms with Gasteiger partial charge in [-0.3, -0.25) is 0 Å². The minimum atomic E-state index is -0.455. The smallest absolute Gasteiger partial charge is 0.125 e. The molecule has 1 aromatic heterocycles.